The standard InChI is InChI=1S/C15H10F2N4S/c16-12-7-4-8-13(17)11(12)9-18-21-14(19-20-15(21)22)10-5-2-1-3-6-10/h1-9H,(H,20,22). The molecule has 1 N–H and O–H groups in total. The van der Waals surface area contributed by atoms with Crippen molar-refractivity contribution in [1.29, 1.82) is 0 Å². The Hall–Kier alpha value is -2.67. The second kappa shape index (κ2) is 5.98. The van der Waals surface area contributed by atoms with Crippen LogP contribution in [-0.4, -0.2) is 21.1 Å². The van der Waals surface area contributed by atoms with E-state index in [1.807, 2.05) is 30.3 Å². The summed E-state index contributed by atoms with van der Waals surface area (Å²) in [6.07, 6.45) is 1.09. The first-order valence-corrected chi connectivity index (χ1v) is 6.79. The lowest BCUT2D eigenvalue weighted by Crippen LogP contribution is -1.98. The third-order valence-corrected chi connectivity index (χ3v) is 3.25. The molecule has 0 spiro atoms. The largest absolute Gasteiger partial charge is 0.250 e. The van der Waals surface area contributed by atoms with E-state index >= 15 is 0 Å². The molecule has 0 unspecified atom stereocenters. The number of aromatic nitrogens is 3. The Morgan fingerprint density at radius 3 is 2.41 bits per heavy atom. The maximum atomic E-state index is 13.6. The van der Waals surface area contributed by atoms with Gasteiger partial charge in [0.15, 0.2) is 5.82 Å². The summed E-state index contributed by atoms with van der Waals surface area (Å²) < 4.78 is 28.8. The summed E-state index contributed by atoms with van der Waals surface area (Å²) in [5, 5.41) is 10.8. The van der Waals surface area contributed by atoms with E-state index in [-0.39, 0.29) is 10.3 Å². The van der Waals surface area contributed by atoms with Gasteiger partial charge in [-0.15, -0.1) is 0 Å². The number of benzene rings is 2. The number of rotatable bonds is 3. The molecule has 0 amide bonds. The van der Waals surface area contributed by atoms with Gasteiger partial charge < -0.3 is 0 Å². The number of halogens is 2. The first-order valence-electron chi connectivity index (χ1n) is 6.38. The number of nitrogens with one attached hydrogen (secondary N) is 1. The van der Waals surface area contributed by atoms with Crippen molar-refractivity contribution < 1.29 is 8.78 Å². The van der Waals surface area contributed by atoms with Crippen molar-refractivity contribution in [3.05, 3.63) is 70.5 Å². The van der Waals surface area contributed by atoms with Crippen molar-refractivity contribution in [2.24, 2.45) is 5.10 Å². The minimum atomic E-state index is -0.694. The van der Waals surface area contributed by atoms with E-state index in [0.29, 0.717) is 5.82 Å². The lowest BCUT2D eigenvalue weighted by Gasteiger charge is -2.01. The second-order valence-electron chi connectivity index (χ2n) is 4.41. The summed E-state index contributed by atoms with van der Waals surface area (Å²) >= 11 is 5.10. The van der Waals surface area contributed by atoms with Crippen LogP contribution in [0, 0.1) is 16.4 Å². The van der Waals surface area contributed by atoms with Gasteiger partial charge in [-0.05, 0) is 24.4 Å². The fourth-order valence-electron chi connectivity index (χ4n) is 1.92. The Bertz CT molecular complexity index is 864. The predicted octanol–water partition coefficient (Wildman–Crippen LogP) is 3.77. The van der Waals surface area contributed by atoms with Gasteiger partial charge in [0.25, 0.3) is 0 Å². The van der Waals surface area contributed by atoms with E-state index in [0.717, 1.165) is 23.9 Å². The van der Waals surface area contributed by atoms with E-state index in [9.17, 15) is 8.78 Å². The zero-order valence-electron chi connectivity index (χ0n) is 11.2. The van der Waals surface area contributed by atoms with Crippen LogP contribution in [0.15, 0.2) is 53.6 Å². The molecule has 0 aliphatic heterocycles. The summed E-state index contributed by atoms with van der Waals surface area (Å²) in [4.78, 5) is 0. The van der Waals surface area contributed by atoms with Crippen LogP contribution < -0.4 is 0 Å². The molecular weight excluding hydrogens is 306 g/mol. The van der Waals surface area contributed by atoms with Gasteiger partial charge in [-0.25, -0.2) is 13.9 Å². The molecule has 4 nitrogen and oxygen atoms in total. The Morgan fingerprint density at radius 2 is 1.73 bits per heavy atom. The summed E-state index contributed by atoms with van der Waals surface area (Å²) in [5.41, 5.74) is 0.547. The van der Waals surface area contributed by atoms with Gasteiger partial charge >= 0.3 is 0 Å². The molecule has 0 radical (unpaired) electrons. The molecular formula is C15H10F2N4S. The Balaban J connectivity index is 2.05. The molecule has 0 bridgehead atoms. The van der Waals surface area contributed by atoms with Gasteiger partial charge in [-0.1, -0.05) is 36.4 Å². The highest BCUT2D eigenvalue weighted by Crippen LogP contribution is 2.17. The average molecular weight is 316 g/mol. The maximum Gasteiger partial charge on any atom is 0.216 e. The van der Waals surface area contributed by atoms with Crippen molar-refractivity contribution in [3.63, 3.8) is 0 Å². The fraction of sp³-hybridized carbons (Fsp3) is 0. The average Bonchev–Trinajstić information content (AvgIpc) is 2.89. The molecule has 0 fully saturated rings. The van der Waals surface area contributed by atoms with Crippen molar-refractivity contribution in [1.82, 2.24) is 14.9 Å². The van der Waals surface area contributed by atoms with Crippen LogP contribution in [0.25, 0.3) is 11.4 Å². The molecule has 0 aliphatic rings. The van der Waals surface area contributed by atoms with Crippen LogP contribution >= 0.6 is 12.2 Å². The molecule has 1 aromatic heterocycles. The Labute approximate surface area is 129 Å². The van der Waals surface area contributed by atoms with Crippen LogP contribution in [0.3, 0.4) is 0 Å². The van der Waals surface area contributed by atoms with Gasteiger partial charge in [0.05, 0.1) is 11.8 Å². The maximum absolute atomic E-state index is 13.6. The summed E-state index contributed by atoms with van der Waals surface area (Å²) in [7, 11) is 0. The van der Waals surface area contributed by atoms with Crippen molar-refractivity contribution in [2.45, 2.75) is 0 Å². The zero-order chi connectivity index (χ0) is 15.5. The molecule has 22 heavy (non-hydrogen) atoms. The highest BCUT2D eigenvalue weighted by atomic mass is 32.1. The minimum Gasteiger partial charge on any atom is -0.250 e. The van der Waals surface area contributed by atoms with Crippen LogP contribution in [-0.2, 0) is 0 Å². The van der Waals surface area contributed by atoms with Gasteiger partial charge in [-0.3, -0.25) is 0 Å². The molecule has 3 rings (SSSR count). The van der Waals surface area contributed by atoms with Crippen molar-refractivity contribution in [2.75, 3.05) is 0 Å². The first-order chi connectivity index (χ1) is 10.7. The monoisotopic (exact) mass is 316 g/mol. The molecule has 1 heterocycles. The highest BCUT2D eigenvalue weighted by Gasteiger charge is 2.09. The van der Waals surface area contributed by atoms with E-state index in [1.54, 1.807) is 0 Å². The van der Waals surface area contributed by atoms with E-state index in [2.05, 4.69) is 15.3 Å². The quantitative estimate of drug-likeness (QED) is 0.590. The van der Waals surface area contributed by atoms with Gasteiger partial charge in [-0.2, -0.15) is 14.9 Å². The topological polar surface area (TPSA) is 46.0 Å². The fourth-order valence-corrected chi connectivity index (χ4v) is 2.10. The highest BCUT2D eigenvalue weighted by molar-refractivity contribution is 7.71. The molecule has 0 atom stereocenters. The lowest BCUT2D eigenvalue weighted by molar-refractivity contribution is 0.580. The van der Waals surface area contributed by atoms with Crippen LogP contribution in [0.5, 0.6) is 0 Å². The number of hydrogen-bond acceptors (Lipinski definition) is 3. The van der Waals surface area contributed by atoms with E-state index in [1.165, 1.54) is 10.7 Å². The molecule has 7 heteroatoms. The first kappa shape index (κ1) is 14.3. The number of aromatic amines is 1. The SMILES string of the molecule is Fc1cccc(F)c1C=Nn1c(-c2ccccc2)n[nH]c1=S. The molecule has 0 saturated heterocycles. The second-order valence-corrected chi connectivity index (χ2v) is 4.80. The molecule has 0 aliphatic carbocycles. The number of hydrogen-bond donors (Lipinski definition) is 1. The summed E-state index contributed by atoms with van der Waals surface area (Å²) in [6.45, 7) is 0. The van der Waals surface area contributed by atoms with Crippen molar-refractivity contribution >= 4 is 18.4 Å². The number of nitrogens with zero attached hydrogens (tertiary/aromatic N) is 3. The van der Waals surface area contributed by atoms with Crippen LogP contribution in [0.4, 0.5) is 8.78 Å². The third kappa shape index (κ3) is 2.71. The normalized spacial score (nSPS) is 11.2. The Kier molecular flexibility index (Phi) is 3.88. The molecule has 3 aromatic rings. The van der Waals surface area contributed by atoms with Gasteiger partial charge in [0.2, 0.25) is 4.77 Å². The third-order valence-electron chi connectivity index (χ3n) is 2.98. The van der Waals surface area contributed by atoms with E-state index in [4.69, 9.17) is 12.2 Å². The van der Waals surface area contributed by atoms with Crippen LogP contribution in [0.2, 0.25) is 0 Å². The smallest absolute Gasteiger partial charge is 0.216 e. The van der Waals surface area contributed by atoms with Gasteiger partial charge in [0, 0.05) is 5.56 Å². The predicted molar refractivity (Wildman–Crippen MR) is 82.2 cm³/mol. The lowest BCUT2D eigenvalue weighted by atomic mass is 10.2. The molecule has 110 valence electrons. The number of H-pyrrole nitrogens is 1. The summed E-state index contributed by atoms with van der Waals surface area (Å²) in [5.74, 6) is -0.932. The zero-order valence-corrected chi connectivity index (χ0v) is 12.0. The van der Waals surface area contributed by atoms with E-state index < -0.39 is 11.6 Å². The molecule has 2 aromatic carbocycles. The Morgan fingerprint density at radius 1 is 1.05 bits per heavy atom. The minimum absolute atomic E-state index is 0.229. The van der Waals surface area contributed by atoms with Gasteiger partial charge in [0.1, 0.15) is 11.6 Å². The van der Waals surface area contributed by atoms with Crippen molar-refractivity contribution in [3.8, 4) is 11.4 Å². The summed E-state index contributed by atoms with van der Waals surface area (Å²) in [6, 6.07) is 12.8. The molecule has 0 saturated carbocycles. The van der Waals surface area contributed by atoms with Crippen LogP contribution in [0.1, 0.15) is 5.56 Å².